The first-order valence-electron chi connectivity index (χ1n) is 6.99. The summed E-state index contributed by atoms with van der Waals surface area (Å²) in [4.78, 5) is 0. The molecule has 1 aromatic heterocycles. The van der Waals surface area contributed by atoms with Gasteiger partial charge >= 0.3 is 0 Å². The first-order chi connectivity index (χ1) is 9.56. The Morgan fingerprint density at radius 2 is 1.90 bits per heavy atom. The van der Waals surface area contributed by atoms with Crippen molar-refractivity contribution in [3.63, 3.8) is 0 Å². The third-order valence-corrected chi connectivity index (χ3v) is 3.43. The van der Waals surface area contributed by atoms with Crippen LogP contribution in [-0.2, 0) is 6.54 Å². The van der Waals surface area contributed by atoms with E-state index >= 15 is 0 Å². The summed E-state index contributed by atoms with van der Waals surface area (Å²) < 4.78 is 5.77. The number of ether oxygens (including phenoxy) is 1. The molecule has 0 radical (unpaired) electrons. The quantitative estimate of drug-likeness (QED) is 0.851. The Bertz CT molecular complexity index is 526. The molecule has 0 spiro atoms. The molecule has 4 nitrogen and oxygen atoms in total. The Hall–Kier alpha value is -1.81. The summed E-state index contributed by atoms with van der Waals surface area (Å²) in [6, 6.07) is 8.42. The molecule has 2 aromatic rings. The van der Waals surface area contributed by atoms with Gasteiger partial charge in [0.2, 0.25) is 0 Å². The van der Waals surface area contributed by atoms with Crippen LogP contribution in [0.25, 0.3) is 0 Å². The molecule has 0 saturated heterocycles. The van der Waals surface area contributed by atoms with E-state index < -0.39 is 0 Å². The maximum atomic E-state index is 5.77. The van der Waals surface area contributed by atoms with Crippen molar-refractivity contribution in [1.82, 2.24) is 15.5 Å². The number of benzene rings is 1. The third-order valence-electron chi connectivity index (χ3n) is 3.43. The predicted molar refractivity (Wildman–Crippen MR) is 81.0 cm³/mol. The van der Waals surface area contributed by atoms with E-state index in [1.165, 1.54) is 11.1 Å². The lowest BCUT2D eigenvalue weighted by Gasteiger charge is -2.15. The van der Waals surface area contributed by atoms with Gasteiger partial charge in [0.1, 0.15) is 12.4 Å². The molecule has 1 heterocycles. The van der Waals surface area contributed by atoms with E-state index in [2.05, 4.69) is 41.5 Å². The molecule has 0 saturated carbocycles. The van der Waals surface area contributed by atoms with Gasteiger partial charge in [0.15, 0.2) is 0 Å². The van der Waals surface area contributed by atoms with Gasteiger partial charge in [-0.15, -0.1) is 0 Å². The topological polar surface area (TPSA) is 49.9 Å². The molecule has 0 aliphatic heterocycles. The molecule has 1 unspecified atom stereocenters. The number of nitrogens with zero attached hydrogens (tertiary/aromatic N) is 1. The minimum absolute atomic E-state index is 0.282. The van der Waals surface area contributed by atoms with E-state index in [0.717, 1.165) is 23.7 Å². The van der Waals surface area contributed by atoms with Crippen LogP contribution >= 0.6 is 0 Å². The smallest absolute Gasteiger partial charge is 0.119 e. The molecule has 1 aromatic carbocycles. The number of aromatic amines is 1. The summed E-state index contributed by atoms with van der Waals surface area (Å²) in [6.07, 6.45) is 0. The van der Waals surface area contributed by atoms with Gasteiger partial charge < -0.3 is 10.1 Å². The lowest BCUT2D eigenvalue weighted by Crippen LogP contribution is -2.31. The van der Waals surface area contributed by atoms with E-state index in [9.17, 15) is 0 Å². The summed E-state index contributed by atoms with van der Waals surface area (Å²) in [6.45, 7) is 9.73. The zero-order valence-electron chi connectivity index (χ0n) is 12.7. The van der Waals surface area contributed by atoms with Gasteiger partial charge in [0, 0.05) is 23.8 Å². The fourth-order valence-corrected chi connectivity index (χ4v) is 2.03. The maximum absolute atomic E-state index is 5.77. The average Bonchev–Trinajstić information content (AvgIpc) is 2.75. The Balaban J connectivity index is 1.78. The van der Waals surface area contributed by atoms with Crippen LogP contribution in [0.2, 0.25) is 0 Å². The molecule has 108 valence electrons. The molecule has 1 atom stereocenters. The zero-order valence-corrected chi connectivity index (χ0v) is 12.7. The summed E-state index contributed by atoms with van der Waals surface area (Å²) in [7, 11) is 0. The van der Waals surface area contributed by atoms with E-state index in [4.69, 9.17) is 4.74 Å². The lowest BCUT2D eigenvalue weighted by atomic mass is 10.2. The number of hydrogen-bond donors (Lipinski definition) is 2. The van der Waals surface area contributed by atoms with Crippen LogP contribution in [0.4, 0.5) is 0 Å². The monoisotopic (exact) mass is 273 g/mol. The SMILES string of the molecule is Cc1ccc(OCC(C)NCc2c(C)n[nH]c2C)cc1. The molecule has 0 aliphatic rings. The molecule has 0 aliphatic carbocycles. The van der Waals surface area contributed by atoms with Crippen molar-refractivity contribution < 1.29 is 4.74 Å². The van der Waals surface area contributed by atoms with Gasteiger partial charge in [-0.1, -0.05) is 17.7 Å². The molecule has 4 heteroatoms. The number of nitrogens with one attached hydrogen (secondary N) is 2. The number of hydrogen-bond acceptors (Lipinski definition) is 3. The van der Waals surface area contributed by atoms with Crippen LogP contribution in [0, 0.1) is 20.8 Å². The van der Waals surface area contributed by atoms with Crippen LogP contribution < -0.4 is 10.1 Å². The second-order valence-corrected chi connectivity index (χ2v) is 5.32. The molecule has 20 heavy (non-hydrogen) atoms. The molecule has 0 bridgehead atoms. The molecular formula is C16H23N3O. The van der Waals surface area contributed by atoms with Crippen molar-refractivity contribution >= 4 is 0 Å². The fourth-order valence-electron chi connectivity index (χ4n) is 2.03. The standard InChI is InChI=1S/C16H23N3O/c1-11-5-7-15(8-6-11)20-10-12(2)17-9-16-13(3)18-19-14(16)4/h5-8,12,17H,9-10H2,1-4H3,(H,18,19). The van der Waals surface area contributed by atoms with Gasteiger partial charge in [0.25, 0.3) is 0 Å². The van der Waals surface area contributed by atoms with Gasteiger partial charge in [-0.05, 0) is 39.8 Å². The summed E-state index contributed by atoms with van der Waals surface area (Å²) in [5, 5.41) is 10.7. The second-order valence-electron chi connectivity index (χ2n) is 5.32. The highest BCUT2D eigenvalue weighted by Crippen LogP contribution is 2.12. The van der Waals surface area contributed by atoms with Gasteiger partial charge in [0.05, 0.1) is 5.69 Å². The van der Waals surface area contributed by atoms with Crippen LogP contribution in [0.1, 0.15) is 29.4 Å². The molecule has 2 rings (SSSR count). The predicted octanol–water partition coefficient (Wildman–Crippen LogP) is 2.89. The van der Waals surface area contributed by atoms with Gasteiger partial charge in [-0.25, -0.2) is 0 Å². The molecule has 0 amide bonds. The Kier molecular flexibility index (Phi) is 4.79. The van der Waals surface area contributed by atoms with Crippen molar-refractivity contribution in [2.45, 2.75) is 40.3 Å². The Labute approximate surface area is 120 Å². The molecule has 0 fully saturated rings. The van der Waals surface area contributed by atoms with Crippen molar-refractivity contribution in [3.8, 4) is 5.75 Å². The largest absolute Gasteiger partial charge is 0.492 e. The van der Waals surface area contributed by atoms with E-state index in [1.54, 1.807) is 0 Å². The summed E-state index contributed by atoms with van der Waals surface area (Å²) in [5.74, 6) is 0.917. The van der Waals surface area contributed by atoms with Crippen LogP contribution in [0.3, 0.4) is 0 Å². The van der Waals surface area contributed by atoms with E-state index in [1.807, 2.05) is 26.0 Å². The first-order valence-corrected chi connectivity index (χ1v) is 6.99. The highest BCUT2D eigenvalue weighted by atomic mass is 16.5. The number of rotatable bonds is 6. The maximum Gasteiger partial charge on any atom is 0.119 e. The highest BCUT2D eigenvalue weighted by Gasteiger charge is 2.08. The average molecular weight is 273 g/mol. The zero-order chi connectivity index (χ0) is 14.5. The lowest BCUT2D eigenvalue weighted by molar-refractivity contribution is 0.272. The van der Waals surface area contributed by atoms with Crippen LogP contribution in [0.5, 0.6) is 5.75 Å². The van der Waals surface area contributed by atoms with Crippen molar-refractivity contribution in [1.29, 1.82) is 0 Å². The van der Waals surface area contributed by atoms with Gasteiger partial charge in [-0.3, -0.25) is 5.10 Å². The van der Waals surface area contributed by atoms with E-state index in [0.29, 0.717) is 6.61 Å². The molecular weight excluding hydrogens is 250 g/mol. The third kappa shape index (κ3) is 3.84. The van der Waals surface area contributed by atoms with Crippen LogP contribution in [-0.4, -0.2) is 22.8 Å². The summed E-state index contributed by atoms with van der Waals surface area (Å²) >= 11 is 0. The van der Waals surface area contributed by atoms with Crippen molar-refractivity contribution in [2.24, 2.45) is 0 Å². The highest BCUT2D eigenvalue weighted by molar-refractivity contribution is 5.26. The van der Waals surface area contributed by atoms with Gasteiger partial charge in [-0.2, -0.15) is 5.10 Å². The van der Waals surface area contributed by atoms with Crippen LogP contribution in [0.15, 0.2) is 24.3 Å². The molecule has 2 N–H and O–H groups in total. The normalized spacial score (nSPS) is 12.4. The number of aryl methyl sites for hydroxylation is 3. The Morgan fingerprint density at radius 3 is 2.50 bits per heavy atom. The first kappa shape index (κ1) is 14.6. The Morgan fingerprint density at radius 1 is 1.20 bits per heavy atom. The van der Waals surface area contributed by atoms with Crippen molar-refractivity contribution in [2.75, 3.05) is 6.61 Å². The van der Waals surface area contributed by atoms with E-state index in [-0.39, 0.29) is 6.04 Å². The minimum atomic E-state index is 0.282. The number of H-pyrrole nitrogens is 1. The minimum Gasteiger partial charge on any atom is -0.492 e. The fraction of sp³-hybridized carbons (Fsp3) is 0.438. The van der Waals surface area contributed by atoms with Crippen molar-refractivity contribution in [3.05, 3.63) is 46.8 Å². The second kappa shape index (κ2) is 6.57. The number of aromatic nitrogens is 2. The summed E-state index contributed by atoms with van der Waals surface area (Å²) in [5.41, 5.74) is 4.67.